The van der Waals surface area contributed by atoms with Crippen molar-refractivity contribution in [2.24, 2.45) is 5.92 Å². The molecule has 2 unspecified atom stereocenters. The second kappa shape index (κ2) is 4.00. The van der Waals surface area contributed by atoms with Gasteiger partial charge in [0, 0.05) is 0 Å². The van der Waals surface area contributed by atoms with Crippen molar-refractivity contribution in [3.8, 4) is 0 Å². The summed E-state index contributed by atoms with van der Waals surface area (Å²) in [6.45, 7) is 0. The minimum Gasteiger partial charge on any atom is -0.390 e. The van der Waals surface area contributed by atoms with Crippen LogP contribution in [0.4, 0.5) is 0 Å². The van der Waals surface area contributed by atoms with Gasteiger partial charge in [-0.15, -0.1) is 0 Å². The van der Waals surface area contributed by atoms with E-state index in [-0.39, 0.29) is 5.60 Å². The average Bonchev–Trinajstić information content (AvgIpc) is 2.12. The third kappa shape index (κ3) is 2.07. The van der Waals surface area contributed by atoms with Gasteiger partial charge in [0.25, 0.3) is 0 Å². The predicted octanol–water partition coefficient (Wildman–Crippen LogP) is 3.26. The molecule has 0 aromatic rings. The molecule has 2 saturated carbocycles. The highest BCUT2D eigenvalue weighted by atomic mass is 16.3. The van der Waals surface area contributed by atoms with Gasteiger partial charge in [-0.1, -0.05) is 38.5 Å². The molecule has 2 fully saturated rings. The maximum absolute atomic E-state index is 10.3. The summed E-state index contributed by atoms with van der Waals surface area (Å²) in [5, 5.41) is 10.3. The fourth-order valence-electron chi connectivity index (χ4n) is 2.95. The van der Waals surface area contributed by atoms with Crippen molar-refractivity contribution in [1.82, 2.24) is 0 Å². The Hall–Kier alpha value is -0.0400. The van der Waals surface area contributed by atoms with Gasteiger partial charge < -0.3 is 5.11 Å². The van der Waals surface area contributed by atoms with Gasteiger partial charge in [-0.25, -0.2) is 0 Å². The van der Waals surface area contributed by atoms with Crippen LogP contribution >= 0.6 is 0 Å². The van der Waals surface area contributed by atoms with Gasteiger partial charge in [0.05, 0.1) is 5.60 Å². The number of hydrogen-bond acceptors (Lipinski definition) is 1. The van der Waals surface area contributed by atoms with Crippen molar-refractivity contribution in [3.05, 3.63) is 0 Å². The van der Waals surface area contributed by atoms with Gasteiger partial charge in [-0.2, -0.15) is 0 Å². The Kier molecular flexibility index (Phi) is 2.92. The Morgan fingerprint density at radius 2 is 1.46 bits per heavy atom. The zero-order valence-corrected chi connectivity index (χ0v) is 8.60. The predicted molar refractivity (Wildman–Crippen MR) is 54.6 cm³/mol. The van der Waals surface area contributed by atoms with Crippen molar-refractivity contribution in [2.75, 3.05) is 0 Å². The van der Waals surface area contributed by atoms with E-state index in [2.05, 4.69) is 0 Å². The molecule has 1 heteroatoms. The van der Waals surface area contributed by atoms with Crippen LogP contribution in [0.5, 0.6) is 0 Å². The van der Waals surface area contributed by atoms with E-state index >= 15 is 0 Å². The first-order valence-electron chi connectivity index (χ1n) is 6.04. The Labute approximate surface area is 81.5 Å². The lowest BCUT2D eigenvalue weighted by molar-refractivity contribution is -0.106. The molecule has 2 atom stereocenters. The van der Waals surface area contributed by atoms with Crippen molar-refractivity contribution in [1.29, 1.82) is 0 Å². The minimum atomic E-state index is -0.225. The minimum absolute atomic E-state index is 0.225. The zero-order chi connectivity index (χ0) is 9.15. The molecule has 0 spiro atoms. The monoisotopic (exact) mass is 182 g/mol. The van der Waals surface area contributed by atoms with Crippen LogP contribution < -0.4 is 0 Å². The summed E-state index contributed by atoms with van der Waals surface area (Å²) in [6.07, 6.45) is 12.9. The zero-order valence-electron chi connectivity index (χ0n) is 8.60. The molecule has 2 aliphatic carbocycles. The molecule has 0 bridgehead atoms. The number of rotatable bonds is 0. The van der Waals surface area contributed by atoms with E-state index in [0.29, 0.717) is 5.92 Å². The van der Waals surface area contributed by atoms with E-state index in [1.54, 1.807) is 0 Å². The van der Waals surface area contributed by atoms with Crippen LogP contribution in [0.25, 0.3) is 0 Å². The highest BCUT2D eigenvalue weighted by molar-refractivity contribution is 4.95. The maximum Gasteiger partial charge on any atom is 0.0676 e. The summed E-state index contributed by atoms with van der Waals surface area (Å²) in [6, 6.07) is 0. The normalized spacial score (nSPS) is 41.8. The highest BCUT2D eigenvalue weighted by Gasteiger charge is 2.43. The molecule has 1 N–H and O–H groups in total. The smallest absolute Gasteiger partial charge is 0.0676 e. The van der Waals surface area contributed by atoms with Gasteiger partial charge in [0.15, 0.2) is 0 Å². The van der Waals surface area contributed by atoms with Gasteiger partial charge >= 0.3 is 0 Å². The summed E-state index contributed by atoms with van der Waals surface area (Å²) < 4.78 is 0. The van der Waals surface area contributed by atoms with Gasteiger partial charge in [-0.05, 0) is 31.6 Å². The summed E-state index contributed by atoms with van der Waals surface area (Å²) in [4.78, 5) is 0. The molecule has 2 rings (SSSR count). The van der Waals surface area contributed by atoms with E-state index in [1.807, 2.05) is 0 Å². The van der Waals surface area contributed by atoms with Crippen LogP contribution in [-0.4, -0.2) is 10.7 Å². The molecule has 1 nitrogen and oxygen atoms in total. The Balaban J connectivity index is 1.87. The molecular weight excluding hydrogens is 160 g/mol. The number of aliphatic hydroxyl groups is 1. The molecule has 2 aliphatic rings. The molecule has 0 aromatic heterocycles. The SMILES string of the molecule is OC12CCCCCCCCC1CC2. The second-order valence-corrected chi connectivity index (χ2v) is 5.00. The van der Waals surface area contributed by atoms with Crippen molar-refractivity contribution in [2.45, 2.75) is 69.8 Å². The summed E-state index contributed by atoms with van der Waals surface area (Å²) in [5.41, 5.74) is -0.225. The molecule has 13 heavy (non-hydrogen) atoms. The first kappa shape index (κ1) is 9.51. The van der Waals surface area contributed by atoms with Crippen molar-refractivity contribution < 1.29 is 5.11 Å². The Morgan fingerprint density at radius 3 is 2.15 bits per heavy atom. The molecule has 0 heterocycles. The largest absolute Gasteiger partial charge is 0.390 e. The third-order valence-corrected chi connectivity index (χ3v) is 4.10. The fraction of sp³-hybridized carbons (Fsp3) is 1.00. The maximum atomic E-state index is 10.3. The van der Waals surface area contributed by atoms with Crippen LogP contribution in [-0.2, 0) is 0 Å². The van der Waals surface area contributed by atoms with E-state index in [0.717, 1.165) is 12.8 Å². The summed E-state index contributed by atoms with van der Waals surface area (Å²) in [7, 11) is 0. The summed E-state index contributed by atoms with van der Waals surface area (Å²) in [5.74, 6) is 0.658. The quantitative estimate of drug-likeness (QED) is 0.609. The van der Waals surface area contributed by atoms with E-state index in [4.69, 9.17) is 0 Å². The lowest BCUT2D eigenvalue weighted by Crippen LogP contribution is -2.47. The number of hydrogen-bond donors (Lipinski definition) is 1. The molecular formula is C12H22O. The van der Waals surface area contributed by atoms with Crippen LogP contribution in [0.2, 0.25) is 0 Å². The molecule has 0 aromatic carbocycles. The van der Waals surface area contributed by atoms with Gasteiger partial charge in [-0.3, -0.25) is 0 Å². The standard InChI is InChI=1S/C12H22O/c13-12-9-6-4-2-1-3-5-7-11(12)8-10-12/h11,13H,1-10H2. The average molecular weight is 182 g/mol. The van der Waals surface area contributed by atoms with Crippen LogP contribution in [0.15, 0.2) is 0 Å². The van der Waals surface area contributed by atoms with Crippen molar-refractivity contribution in [3.63, 3.8) is 0 Å². The first-order valence-corrected chi connectivity index (χ1v) is 6.04. The molecule has 76 valence electrons. The second-order valence-electron chi connectivity index (χ2n) is 5.00. The molecule has 0 saturated heterocycles. The fourth-order valence-corrected chi connectivity index (χ4v) is 2.95. The molecule has 0 aliphatic heterocycles. The Morgan fingerprint density at radius 1 is 0.769 bits per heavy atom. The summed E-state index contributed by atoms with van der Waals surface area (Å²) >= 11 is 0. The highest BCUT2D eigenvalue weighted by Crippen LogP contribution is 2.45. The number of fused-ring (bicyclic) bond motifs is 1. The Bertz CT molecular complexity index is 167. The molecule has 0 amide bonds. The van der Waals surface area contributed by atoms with E-state index in [9.17, 15) is 5.11 Å². The lowest BCUT2D eigenvalue weighted by atomic mass is 9.64. The van der Waals surface area contributed by atoms with Crippen LogP contribution in [0, 0.1) is 5.92 Å². The third-order valence-electron chi connectivity index (χ3n) is 4.10. The van der Waals surface area contributed by atoms with Crippen LogP contribution in [0.1, 0.15) is 64.2 Å². The van der Waals surface area contributed by atoms with Gasteiger partial charge in [0.2, 0.25) is 0 Å². The first-order chi connectivity index (χ1) is 6.31. The topological polar surface area (TPSA) is 20.2 Å². The van der Waals surface area contributed by atoms with Gasteiger partial charge in [0.1, 0.15) is 0 Å². The molecule has 0 radical (unpaired) electrons. The van der Waals surface area contributed by atoms with Crippen LogP contribution in [0.3, 0.4) is 0 Å². The van der Waals surface area contributed by atoms with Crippen molar-refractivity contribution >= 4 is 0 Å². The van der Waals surface area contributed by atoms with E-state index < -0.39 is 0 Å². The van der Waals surface area contributed by atoms with E-state index in [1.165, 1.54) is 51.4 Å². The lowest BCUT2D eigenvalue weighted by Gasteiger charge is -2.46.